The summed E-state index contributed by atoms with van der Waals surface area (Å²) in [7, 11) is 0. The van der Waals surface area contributed by atoms with Crippen LogP contribution in [-0.2, 0) is 4.74 Å². The molecule has 0 bridgehead atoms. The lowest BCUT2D eigenvalue weighted by Gasteiger charge is -2.22. The van der Waals surface area contributed by atoms with E-state index < -0.39 is 0 Å². The van der Waals surface area contributed by atoms with Crippen LogP contribution in [-0.4, -0.2) is 18.2 Å². The fourth-order valence-corrected chi connectivity index (χ4v) is 0.772. The van der Waals surface area contributed by atoms with E-state index in [1.807, 2.05) is 26.8 Å². The molecule has 1 unspecified atom stereocenters. The van der Waals surface area contributed by atoms with Crippen LogP contribution in [0.3, 0.4) is 0 Å². The van der Waals surface area contributed by atoms with Crippen LogP contribution in [0.1, 0.15) is 33.6 Å². The molecule has 2 nitrogen and oxygen atoms in total. The van der Waals surface area contributed by atoms with Crippen molar-refractivity contribution in [3.05, 3.63) is 12.7 Å². The third-order valence-corrected chi connectivity index (χ3v) is 1.47. The first-order chi connectivity index (χ1) is 5.45. The van der Waals surface area contributed by atoms with Crippen LogP contribution < -0.4 is 5.73 Å². The summed E-state index contributed by atoms with van der Waals surface area (Å²) in [6.45, 7) is 10.4. The highest BCUT2D eigenvalue weighted by Crippen LogP contribution is 2.07. The molecule has 1 atom stereocenters. The fourth-order valence-electron chi connectivity index (χ4n) is 0.772. The summed E-state index contributed by atoms with van der Waals surface area (Å²) in [5, 5.41) is 0. The molecule has 0 spiro atoms. The normalized spacial score (nSPS) is 14.3. The first kappa shape index (κ1) is 11.7. The highest BCUT2D eigenvalue weighted by molar-refractivity contribution is 4.72. The van der Waals surface area contributed by atoms with Gasteiger partial charge in [0.2, 0.25) is 0 Å². The van der Waals surface area contributed by atoms with Crippen molar-refractivity contribution >= 4 is 0 Å². The molecule has 0 aliphatic heterocycles. The number of hydrogen-bond donors (Lipinski definition) is 1. The molecule has 0 saturated carbocycles. The van der Waals surface area contributed by atoms with Crippen molar-refractivity contribution in [1.29, 1.82) is 0 Å². The van der Waals surface area contributed by atoms with Gasteiger partial charge < -0.3 is 10.5 Å². The largest absolute Gasteiger partial charge is 0.374 e. The molecule has 2 heteroatoms. The third kappa shape index (κ3) is 7.76. The first-order valence-electron chi connectivity index (χ1n) is 4.46. The zero-order valence-corrected chi connectivity index (χ0v) is 8.47. The average Bonchev–Trinajstić information content (AvgIpc) is 1.95. The zero-order chi connectivity index (χ0) is 9.61. The van der Waals surface area contributed by atoms with E-state index in [4.69, 9.17) is 10.5 Å². The maximum absolute atomic E-state index is 5.79. The van der Waals surface area contributed by atoms with Crippen LogP contribution in [0.15, 0.2) is 12.7 Å². The number of ether oxygens (including phenoxy) is 1. The highest BCUT2D eigenvalue weighted by Gasteiger charge is 2.11. The van der Waals surface area contributed by atoms with Gasteiger partial charge in [-0.25, -0.2) is 0 Å². The minimum absolute atomic E-state index is 0.0776. The highest BCUT2D eigenvalue weighted by atomic mass is 16.5. The topological polar surface area (TPSA) is 35.2 Å². The Morgan fingerprint density at radius 3 is 2.50 bits per heavy atom. The Hall–Kier alpha value is -0.340. The van der Waals surface area contributed by atoms with Gasteiger partial charge in [-0.3, -0.25) is 0 Å². The summed E-state index contributed by atoms with van der Waals surface area (Å²) in [6, 6.07) is 0.141. The average molecular weight is 171 g/mol. The predicted octanol–water partition coefficient (Wildman–Crippen LogP) is 2.09. The Bertz CT molecular complexity index is 126. The summed E-state index contributed by atoms with van der Waals surface area (Å²) in [6.07, 6.45) is 3.81. The van der Waals surface area contributed by atoms with Crippen molar-refractivity contribution in [3.63, 3.8) is 0 Å². The lowest BCUT2D eigenvalue weighted by molar-refractivity contribution is -0.0106. The molecule has 0 aromatic rings. The van der Waals surface area contributed by atoms with Crippen LogP contribution in [0.4, 0.5) is 0 Å². The van der Waals surface area contributed by atoms with Gasteiger partial charge in [0.15, 0.2) is 0 Å². The van der Waals surface area contributed by atoms with Crippen LogP contribution in [0.25, 0.3) is 0 Å². The number of rotatable bonds is 5. The van der Waals surface area contributed by atoms with Gasteiger partial charge in [-0.05, 0) is 33.6 Å². The molecule has 0 amide bonds. The van der Waals surface area contributed by atoms with Crippen LogP contribution >= 0.6 is 0 Å². The second-order valence-electron chi connectivity index (χ2n) is 4.05. The Morgan fingerprint density at radius 1 is 1.50 bits per heavy atom. The van der Waals surface area contributed by atoms with E-state index in [1.54, 1.807) is 0 Å². The van der Waals surface area contributed by atoms with Gasteiger partial charge >= 0.3 is 0 Å². The van der Waals surface area contributed by atoms with E-state index in [0.717, 1.165) is 12.8 Å². The molecular formula is C10H21NO. The van der Waals surface area contributed by atoms with Gasteiger partial charge in [-0.2, -0.15) is 0 Å². The van der Waals surface area contributed by atoms with Crippen LogP contribution in [0.5, 0.6) is 0 Å². The van der Waals surface area contributed by atoms with E-state index in [2.05, 4.69) is 6.58 Å². The lowest BCUT2D eigenvalue weighted by atomic mass is 10.1. The summed E-state index contributed by atoms with van der Waals surface area (Å²) >= 11 is 0. The van der Waals surface area contributed by atoms with E-state index >= 15 is 0 Å². The van der Waals surface area contributed by atoms with Gasteiger partial charge in [-0.1, -0.05) is 6.08 Å². The minimum Gasteiger partial charge on any atom is -0.374 e. The van der Waals surface area contributed by atoms with Crippen molar-refractivity contribution in [3.8, 4) is 0 Å². The quantitative estimate of drug-likeness (QED) is 0.643. The Morgan fingerprint density at radius 2 is 2.08 bits per heavy atom. The van der Waals surface area contributed by atoms with Crippen LogP contribution in [0.2, 0.25) is 0 Å². The van der Waals surface area contributed by atoms with Gasteiger partial charge in [0.1, 0.15) is 0 Å². The second-order valence-corrected chi connectivity index (χ2v) is 4.05. The predicted molar refractivity (Wildman–Crippen MR) is 53.1 cm³/mol. The van der Waals surface area contributed by atoms with Crippen molar-refractivity contribution in [2.75, 3.05) is 6.61 Å². The molecular weight excluding hydrogens is 150 g/mol. The smallest absolute Gasteiger partial charge is 0.0624 e. The number of hydrogen-bond acceptors (Lipinski definition) is 2. The molecule has 0 aliphatic carbocycles. The maximum atomic E-state index is 5.79. The van der Waals surface area contributed by atoms with E-state index in [9.17, 15) is 0 Å². The monoisotopic (exact) mass is 171 g/mol. The second kappa shape index (κ2) is 5.33. The van der Waals surface area contributed by atoms with Crippen molar-refractivity contribution < 1.29 is 4.74 Å². The molecule has 0 aromatic carbocycles. The van der Waals surface area contributed by atoms with Crippen LogP contribution in [0, 0.1) is 0 Å². The van der Waals surface area contributed by atoms with Gasteiger partial charge in [0, 0.05) is 6.04 Å². The van der Waals surface area contributed by atoms with Gasteiger partial charge in [0.25, 0.3) is 0 Å². The number of allylic oxidation sites excluding steroid dienone is 1. The van der Waals surface area contributed by atoms with E-state index in [-0.39, 0.29) is 11.6 Å². The fraction of sp³-hybridized carbons (Fsp3) is 0.800. The van der Waals surface area contributed by atoms with E-state index in [0.29, 0.717) is 6.61 Å². The molecule has 0 aromatic heterocycles. The van der Waals surface area contributed by atoms with Gasteiger partial charge in [-0.15, -0.1) is 6.58 Å². The van der Waals surface area contributed by atoms with Crippen molar-refractivity contribution in [2.24, 2.45) is 5.73 Å². The Balaban J connectivity index is 3.43. The summed E-state index contributed by atoms with van der Waals surface area (Å²) in [5.41, 5.74) is 5.72. The zero-order valence-electron chi connectivity index (χ0n) is 8.47. The Labute approximate surface area is 75.8 Å². The maximum Gasteiger partial charge on any atom is 0.0624 e. The molecule has 0 heterocycles. The molecule has 0 fully saturated rings. The lowest BCUT2D eigenvalue weighted by Crippen LogP contribution is -2.31. The molecule has 12 heavy (non-hydrogen) atoms. The first-order valence-corrected chi connectivity index (χ1v) is 4.46. The molecule has 0 radical (unpaired) electrons. The van der Waals surface area contributed by atoms with E-state index in [1.165, 1.54) is 0 Å². The van der Waals surface area contributed by atoms with Gasteiger partial charge in [0.05, 0.1) is 12.2 Å². The summed E-state index contributed by atoms with van der Waals surface area (Å²) in [5.74, 6) is 0. The molecule has 0 aliphatic rings. The molecule has 0 saturated heterocycles. The standard InChI is InChI=1S/C10H21NO/c1-5-6-7-9(11)8-12-10(2,3)4/h5,9H,1,6-8,11H2,2-4H3. The van der Waals surface area contributed by atoms with Crippen molar-refractivity contribution in [1.82, 2.24) is 0 Å². The summed E-state index contributed by atoms with van der Waals surface area (Å²) in [4.78, 5) is 0. The minimum atomic E-state index is -0.0776. The molecule has 72 valence electrons. The SMILES string of the molecule is C=CCCC(N)COC(C)(C)C. The Kier molecular flexibility index (Phi) is 5.18. The molecule has 2 N–H and O–H groups in total. The third-order valence-electron chi connectivity index (χ3n) is 1.47. The summed E-state index contributed by atoms with van der Waals surface area (Å²) < 4.78 is 5.53. The molecule has 0 rings (SSSR count). The van der Waals surface area contributed by atoms with Crippen molar-refractivity contribution in [2.45, 2.75) is 45.3 Å². The number of nitrogens with two attached hydrogens (primary N) is 1.